The van der Waals surface area contributed by atoms with E-state index in [4.69, 9.17) is 9.52 Å². The van der Waals surface area contributed by atoms with Gasteiger partial charge in [0, 0.05) is 12.8 Å². The lowest BCUT2D eigenvalue weighted by Crippen LogP contribution is -2.16. The molecule has 1 amide bonds. The van der Waals surface area contributed by atoms with Crippen LogP contribution in [-0.4, -0.2) is 23.2 Å². The number of furan rings is 1. The van der Waals surface area contributed by atoms with E-state index < -0.39 is 5.97 Å². The minimum Gasteiger partial charge on any atom is -0.481 e. The molecule has 1 heterocycles. The van der Waals surface area contributed by atoms with Crippen molar-refractivity contribution in [3.8, 4) is 0 Å². The average molecular weight is 331 g/mol. The van der Waals surface area contributed by atoms with Crippen molar-refractivity contribution in [2.45, 2.75) is 32.1 Å². The maximum atomic E-state index is 11.4. The number of hydrazone groups is 1. The van der Waals surface area contributed by atoms with E-state index in [0.717, 1.165) is 0 Å². The van der Waals surface area contributed by atoms with Crippen LogP contribution in [0.3, 0.4) is 0 Å². The Morgan fingerprint density at radius 1 is 1.32 bits per heavy atom. The van der Waals surface area contributed by atoms with Gasteiger partial charge in [0.05, 0.1) is 6.21 Å². The van der Waals surface area contributed by atoms with E-state index in [2.05, 4.69) is 26.5 Å². The van der Waals surface area contributed by atoms with Crippen molar-refractivity contribution < 1.29 is 19.1 Å². The summed E-state index contributed by atoms with van der Waals surface area (Å²) in [6.45, 7) is 0. The standard InChI is InChI=1S/C12H15BrN2O4/c13-10-7-6-9(19-10)8-14-15-11(16)4-2-1-3-5-12(17)18/h6-8H,1-5H2,(H,15,16)(H,17,18)/b14-8+. The molecule has 0 spiro atoms. The highest BCUT2D eigenvalue weighted by atomic mass is 79.9. The monoisotopic (exact) mass is 330 g/mol. The number of carboxylic acids is 1. The Balaban J connectivity index is 2.11. The van der Waals surface area contributed by atoms with Gasteiger partial charge in [-0.2, -0.15) is 5.10 Å². The highest BCUT2D eigenvalue weighted by Gasteiger charge is 2.01. The quantitative estimate of drug-likeness (QED) is 0.435. The number of aliphatic carboxylic acids is 1. The molecule has 0 atom stereocenters. The Hall–Kier alpha value is -1.63. The van der Waals surface area contributed by atoms with Crippen molar-refractivity contribution in [2.75, 3.05) is 0 Å². The summed E-state index contributed by atoms with van der Waals surface area (Å²) in [5.74, 6) is -0.468. The predicted molar refractivity (Wildman–Crippen MR) is 72.9 cm³/mol. The molecule has 0 aliphatic heterocycles. The second-order valence-corrected chi connectivity index (χ2v) is 4.67. The highest BCUT2D eigenvalue weighted by Crippen LogP contribution is 2.11. The van der Waals surface area contributed by atoms with Crippen molar-refractivity contribution >= 4 is 34.0 Å². The van der Waals surface area contributed by atoms with Crippen molar-refractivity contribution in [3.05, 3.63) is 22.6 Å². The SMILES string of the molecule is O=C(O)CCCCCC(=O)N/N=C/c1ccc(Br)o1. The van der Waals surface area contributed by atoms with E-state index in [0.29, 0.717) is 36.1 Å². The van der Waals surface area contributed by atoms with Crippen LogP contribution in [0.5, 0.6) is 0 Å². The molecule has 0 bridgehead atoms. The van der Waals surface area contributed by atoms with E-state index >= 15 is 0 Å². The lowest BCUT2D eigenvalue weighted by molar-refractivity contribution is -0.137. The van der Waals surface area contributed by atoms with E-state index in [9.17, 15) is 9.59 Å². The smallest absolute Gasteiger partial charge is 0.303 e. The first-order valence-electron chi connectivity index (χ1n) is 5.87. The molecule has 0 aliphatic rings. The lowest BCUT2D eigenvalue weighted by Gasteiger charge is -1.99. The van der Waals surface area contributed by atoms with Gasteiger partial charge >= 0.3 is 5.97 Å². The van der Waals surface area contributed by atoms with Gasteiger partial charge in [-0.15, -0.1) is 0 Å². The van der Waals surface area contributed by atoms with Crippen LogP contribution in [0.1, 0.15) is 37.9 Å². The molecule has 0 aliphatic carbocycles. The number of halogens is 1. The number of carbonyl (C=O) groups is 2. The molecule has 2 N–H and O–H groups in total. The van der Waals surface area contributed by atoms with Crippen molar-refractivity contribution in [2.24, 2.45) is 5.10 Å². The summed E-state index contributed by atoms with van der Waals surface area (Å²) in [5, 5.41) is 12.2. The molecule has 0 aromatic carbocycles. The van der Waals surface area contributed by atoms with Gasteiger partial charge in [-0.25, -0.2) is 5.43 Å². The minimum absolute atomic E-state index is 0.146. The average Bonchev–Trinajstić information content (AvgIpc) is 2.74. The van der Waals surface area contributed by atoms with Crippen molar-refractivity contribution in [3.63, 3.8) is 0 Å². The first kappa shape index (κ1) is 15.4. The first-order chi connectivity index (χ1) is 9.08. The van der Waals surface area contributed by atoms with Crippen LogP contribution in [0.4, 0.5) is 0 Å². The number of carboxylic acid groups (broad SMARTS) is 1. The molecule has 0 unspecified atom stereocenters. The molecule has 6 nitrogen and oxygen atoms in total. The maximum absolute atomic E-state index is 11.4. The first-order valence-corrected chi connectivity index (χ1v) is 6.66. The molecule has 0 saturated carbocycles. The number of rotatable bonds is 8. The number of amides is 1. The van der Waals surface area contributed by atoms with Gasteiger partial charge in [0.1, 0.15) is 5.76 Å². The van der Waals surface area contributed by atoms with E-state index in [1.165, 1.54) is 6.21 Å². The zero-order chi connectivity index (χ0) is 14.1. The van der Waals surface area contributed by atoms with Crippen molar-refractivity contribution in [1.82, 2.24) is 5.43 Å². The molecule has 7 heteroatoms. The highest BCUT2D eigenvalue weighted by molar-refractivity contribution is 9.10. The van der Waals surface area contributed by atoms with Gasteiger partial charge in [-0.3, -0.25) is 9.59 Å². The Bertz CT molecular complexity index is 456. The van der Waals surface area contributed by atoms with Crippen LogP contribution in [0.15, 0.2) is 26.3 Å². The summed E-state index contributed by atoms with van der Waals surface area (Å²) >= 11 is 3.15. The van der Waals surface area contributed by atoms with Gasteiger partial charge in [0.2, 0.25) is 5.91 Å². The summed E-state index contributed by atoms with van der Waals surface area (Å²) in [4.78, 5) is 21.6. The number of nitrogens with one attached hydrogen (secondary N) is 1. The predicted octanol–water partition coefficient (Wildman–Crippen LogP) is 2.53. The zero-order valence-corrected chi connectivity index (χ0v) is 11.9. The number of unbranched alkanes of at least 4 members (excludes halogenated alkanes) is 2. The summed E-state index contributed by atoms with van der Waals surface area (Å²) in [7, 11) is 0. The Labute approximate surface area is 119 Å². The van der Waals surface area contributed by atoms with E-state index in [1.807, 2.05) is 0 Å². The van der Waals surface area contributed by atoms with Crippen LogP contribution < -0.4 is 5.43 Å². The molecule has 104 valence electrons. The third-order valence-electron chi connectivity index (χ3n) is 2.27. The summed E-state index contributed by atoms with van der Waals surface area (Å²) < 4.78 is 5.76. The fraction of sp³-hybridized carbons (Fsp3) is 0.417. The van der Waals surface area contributed by atoms with E-state index in [-0.39, 0.29) is 12.3 Å². The van der Waals surface area contributed by atoms with Gasteiger partial charge in [0.15, 0.2) is 4.67 Å². The molecule has 1 aromatic rings. The number of hydrogen-bond acceptors (Lipinski definition) is 4. The fourth-order valence-electron chi connectivity index (χ4n) is 1.36. The van der Waals surface area contributed by atoms with Gasteiger partial charge in [0.25, 0.3) is 0 Å². The largest absolute Gasteiger partial charge is 0.481 e. The molecular formula is C12H15BrN2O4. The third kappa shape index (κ3) is 7.40. The Morgan fingerprint density at radius 3 is 2.68 bits per heavy atom. The van der Waals surface area contributed by atoms with E-state index in [1.54, 1.807) is 12.1 Å². The van der Waals surface area contributed by atoms with Crippen LogP contribution in [0, 0.1) is 0 Å². The summed E-state index contributed by atoms with van der Waals surface area (Å²) in [5.41, 5.74) is 2.38. The lowest BCUT2D eigenvalue weighted by atomic mass is 10.1. The Morgan fingerprint density at radius 2 is 2.05 bits per heavy atom. The minimum atomic E-state index is -0.807. The van der Waals surface area contributed by atoms with Crippen LogP contribution in [-0.2, 0) is 9.59 Å². The van der Waals surface area contributed by atoms with Crippen LogP contribution >= 0.6 is 15.9 Å². The molecule has 19 heavy (non-hydrogen) atoms. The van der Waals surface area contributed by atoms with Crippen LogP contribution in [0.25, 0.3) is 0 Å². The molecular weight excluding hydrogens is 316 g/mol. The molecule has 0 radical (unpaired) electrons. The van der Waals surface area contributed by atoms with Crippen LogP contribution in [0.2, 0.25) is 0 Å². The summed E-state index contributed by atoms with van der Waals surface area (Å²) in [6.07, 6.45) is 3.85. The molecule has 1 rings (SSSR count). The fourth-order valence-corrected chi connectivity index (χ4v) is 1.68. The number of nitrogens with zero attached hydrogens (tertiary/aromatic N) is 1. The topological polar surface area (TPSA) is 91.9 Å². The zero-order valence-electron chi connectivity index (χ0n) is 10.3. The summed E-state index contributed by atoms with van der Waals surface area (Å²) in [6, 6.07) is 3.44. The van der Waals surface area contributed by atoms with Gasteiger partial charge in [-0.05, 0) is 40.9 Å². The second-order valence-electron chi connectivity index (χ2n) is 3.89. The third-order valence-corrected chi connectivity index (χ3v) is 2.70. The normalized spacial score (nSPS) is 10.8. The van der Waals surface area contributed by atoms with Crippen molar-refractivity contribution in [1.29, 1.82) is 0 Å². The number of carbonyl (C=O) groups excluding carboxylic acids is 1. The molecule has 1 aromatic heterocycles. The molecule has 0 fully saturated rings. The van der Waals surface area contributed by atoms with Gasteiger partial charge in [-0.1, -0.05) is 6.42 Å². The maximum Gasteiger partial charge on any atom is 0.303 e. The second kappa shape index (κ2) is 8.47. The Kier molecular flexibility index (Phi) is 6.88. The number of hydrogen-bond donors (Lipinski definition) is 2. The van der Waals surface area contributed by atoms with Gasteiger partial charge < -0.3 is 9.52 Å². The molecule has 0 saturated heterocycles.